The van der Waals surface area contributed by atoms with Crippen LogP contribution in [-0.2, 0) is 11.1 Å². The molecule has 0 aliphatic carbocycles. The van der Waals surface area contributed by atoms with E-state index in [1.807, 2.05) is 6.92 Å². The number of fused-ring (bicyclic) bond motifs is 1. The summed E-state index contributed by atoms with van der Waals surface area (Å²) in [4.78, 5) is 17.7. The zero-order valence-corrected chi connectivity index (χ0v) is 21.8. The third kappa shape index (κ3) is 5.50. The van der Waals surface area contributed by atoms with Crippen LogP contribution in [0, 0.1) is 5.82 Å². The van der Waals surface area contributed by atoms with Gasteiger partial charge < -0.3 is 30.2 Å². The minimum absolute atomic E-state index is 0.0374. The monoisotopic (exact) mass is 524 g/mol. The van der Waals surface area contributed by atoms with Gasteiger partial charge in [-0.1, -0.05) is 6.92 Å². The molecule has 9 heteroatoms. The first-order valence-electron chi connectivity index (χ1n) is 12.5. The number of methoxy groups -OCH3 is 1. The number of pyridine rings is 1. The van der Waals surface area contributed by atoms with Crippen LogP contribution in [0.4, 0.5) is 4.39 Å². The van der Waals surface area contributed by atoms with Crippen LogP contribution >= 0.6 is 0 Å². The van der Waals surface area contributed by atoms with Crippen molar-refractivity contribution in [2.24, 2.45) is 5.73 Å². The number of nitrogens with two attached hydrogens (primary N) is 1. The summed E-state index contributed by atoms with van der Waals surface area (Å²) in [6, 6.07) is 12.4. The molecule has 0 fully saturated rings. The zero-order valence-electron chi connectivity index (χ0n) is 21.8. The summed E-state index contributed by atoms with van der Waals surface area (Å²) >= 11 is 0. The first-order valence-corrected chi connectivity index (χ1v) is 12.5. The first kappa shape index (κ1) is 27.5. The normalized spacial score (nSPS) is 17.9. The lowest BCUT2D eigenvalue weighted by Gasteiger charge is -2.26. The lowest BCUT2D eigenvalue weighted by Crippen LogP contribution is -2.37. The smallest absolute Gasteiger partial charge is 0.163 e. The van der Waals surface area contributed by atoms with Gasteiger partial charge in [-0.2, -0.15) is 0 Å². The molecule has 1 aliphatic rings. The molecule has 0 spiro atoms. The number of nitrogens with zero attached hydrogens (tertiary/aromatic N) is 1. The number of hydrogen-bond donors (Lipinski definition) is 3. The van der Waals surface area contributed by atoms with Gasteiger partial charge >= 0.3 is 0 Å². The van der Waals surface area contributed by atoms with Crippen LogP contribution in [0.5, 0.6) is 17.2 Å². The molecule has 0 saturated heterocycles. The molecular formula is C29H33FN2O6. The zero-order chi connectivity index (χ0) is 27.5. The van der Waals surface area contributed by atoms with E-state index >= 15 is 0 Å². The lowest BCUT2D eigenvalue weighted by atomic mass is 9.86. The average Bonchev–Trinajstić information content (AvgIpc) is 3.27. The van der Waals surface area contributed by atoms with Crippen molar-refractivity contribution in [3.05, 3.63) is 71.2 Å². The molecule has 38 heavy (non-hydrogen) atoms. The van der Waals surface area contributed by atoms with E-state index in [2.05, 4.69) is 0 Å². The third-order valence-corrected chi connectivity index (χ3v) is 6.96. The van der Waals surface area contributed by atoms with Gasteiger partial charge in [0, 0.05) is 23.1 Å². The number of aromatic nitrogens is 1. The Balaban J connectivity index is 1.62. The summed E-state index contributed by atoms with van der Waals surface area (Å²) < 4.78 is 30.3. The SMILES string of the molecule is CC[C@@]1(N)COc2c1cc([C@](C)(O)CCC(=O)c1ccc(OCCO)c(OC)c1)nc2-c1ccc(F)cc1. The molecule has 2 heterocycles. The molecule has 4 rings (SSSR count). The highest BCUT2D eigenvalue weighted by Gasteiger charge is 2.40. The van der Waals surface area contributed by atoms with Crippen LogP contribution < -0.4 is 19.9 Å². The number of Topliss-reactive ketones (excluding diaryl/α,β-unsaturated/α-hetero) is 1. The fraction of sp³-hybridized carbons (Fsp3) is 0.379. The molecule has 202 valence electrons. The summed E-state index contributed by atoms with van der Waals surface area (Å²) in [6.07, 6.45) is 0.735. The third-order valence-electron chi connectivity index (χ3n) is 6.96. The maximum absolute atomic E-state index is 13.6. The minimum Gasteiger partial charge on any atom is -0.493 e. The van der Waals surface area contributed by atoms with E-state index in [-0.39, 0.29) is 44.3 Å². The predicted molar refractivity (Wildman–Crippen MR) is 140 cm³/mol. The molecule has 0 amide bonds. The highest BCUT2D eigenvalue weighted by atomic mass is 19.1. The molecular weight excluding hydrogens is 491 g/mol. The number of rotatable bonds is 11. The van der Waals surface area contributed by atoms with Gasteiger partial charge in [-0.05, 0) is 68.3 Å². The van der Waals surface area contributed by atoms with Crippen molar-refractivity contribution in [2.45, 2.75) is 44.2 Å². The molecule has 1 aliphatic heterocycles. The molecule has 0 unspecified atom stereocenters. The van der Waals surface area contributed by atoms with E-state index in [1.165, 1.54) is 19.2 Å². The van der Waals surface area contributed by atoms with E-state index in [9.17, 15) is 14.3 Å². The van der Waals surface area contributed by atoms with Gasteiger partial charge in [-0.3, -0.25) is 4.79 Å². The van der Waals surface area contributed by atoms with Crippen LogP contribution in [-0.4, -0.2) is 47.9 Å². The second kappa shape index (κ2) is 11.1. The Hall–Kier alpha value is -3.53. The molecule has 3 aromatic rings. The van der Waals surface area contributed by atoms with Crippen LogP contribution in [0.2, 0.25) is 0 Å². The predicted octanol–water partition coefficient (Wildman–Crippen LogP) is 4.09. The van der Waals surface area contributed by atoms with Gasteiger partial charge in [0.05, 0.1) is 24.9 Å². The van der Waals surface area contributed by atoms with Gasteiger partial charge in [0.25, 0.3) is 0 Å². The Bertz CT molecular complexity index is 1310. The standard InChI is InChI=1S/C29H33FN2O6/c1-4-29(31)17-38-27-21(29)16-25(32-26(27)18-5-8-20(30)9-6-18)28(2,35)12-11-22(34)19-7-10-23(37-14-13-33)24(15-19)36-3/h5-10,15-16,33,35H,4,11-14,17,31H2,1-3H3/t28-,29-/m1/s1. The van der Waals surface area contributed by atoms with E-state index in [1.54, 1.807) is 43.3 Å². The number of benzene rings is 2. The maximum atomic E-state index is 13.6. The van der Waals surface area contributed by atoms with E-state index in [0.29, 0.717) is 46.2 Å². The van der Waals surface area contributed by atoms with Gasteiger partial charge in [0.1, 0.15) is 30.3 Å². The Morgan fingerprint density at radius 2 is 1.95 bits per heavy atom. The minimum atomic E-state index is -1.47. The summed E-state index contributed by atoms with van der Waals surface area (Å²) in [7, 11) is 1.47. The Morgan fingerprint density at radius 3 is 2.61 bits per heavy atom. The number of carbonyl (C=O) groups excluding carboxylic acids is 1. The Labute approximate surface area is 221 Å². The number of aliphatic hydroxyl groups is 2. The van der Waals surface area contributed by atoms with Gasteiger partial charge in [0.2, 0.25) is 0 Å². The number of hydrogen-bond acceptors (Lipinski definition) is 8. The topological polar surface area (TPSA) is 124 Å². The molecule has 1 aromatic heterocycles. The van der Waals surface area contributed by atoms with Crippen molar-refractivity contribution in [3.63, 3.8) is 0 Å². The number of ether oxygens (including phenoxy) is 3. The van der Waals surface area contributed by atoms with Crippen molar-refractivity contribution in [1.29, 1.82) is 0 Å². The molecule has 0 bridgehead atoms. The Kier molecular flexibility index (Phi) is 8.01. The van der Waals surface area contributed by atoms with Crippen LogP contribution in [0.15, 0.2) is 48.5 Å². The number of halogens is 1. The second-order valence-electron chi connectivity index (χ2n) is 9.67. The van der Waals surface area contributed by atoms with E-state index < -0.39 is 11.1 Å². The lowest BCUT2D eigenvalue weighted by molar-refractivity contribution is 0.0396. The number of aliphatic hydroxyl groups excluding tert-OH is 1. The molecule has 4 N–H and O–H groups in total. The maximum Gasteiger partial charge on any atom is 0.163 e. The van der Waals surface area contributed by atoms with Crippen LogP contribution in [0.25, 0.3) is 11.3 Å². The van der Waals surface area contributed by atoms with Crippen molar-refractivity contribution in [2.75, 3.05) is 26.9 Å². The summed E-state index contributed by atoms with van der Waals surface area (Å²) in [6.45, 7) is 3.79. The second-order valence-corrected chi connectivity index (χ2v) is 9.67. The summed E-state index contributed by atoms with van der Waals surface area (Å²) in [5.74, 6) is 0.747. The van der Waals surface area contributed by atoms with Crippen LogP contribution in [0.1, 0.15) is 54.7 Å². The van der Waals surface area contributed by atoms with Crippen molar-refractivity contribution >= 4 is 5.78 Å². The summed E-state index contributed by atoms with van der Waals surface area (Å²) in [5, 5.41) is 20.5. The first-order chi connectivity index (χ1) is 18.1. The van der Waals surface area contributed by atoms with Gasteiger partial charge in [0.15, 0.2) is 23.0 Å². The van der Waals surface area contributed by atoms with Crippen molar-refractivity contribution < 1.29 is 33.6 Å². The number of ketones is 1. The van der Waals surface area contributed by atoms with E-state index in [4.69, 9.17) is 30.0 Å². The Morgan fingerprint density at radius 1 is 1.21 bits per heavy atom. The molecule has 2 atom stereocenters. The highest BCUT2D eigenvalue weighted by molar-refractivity contribution is 5.96. The van der Waals surface area contributed by atoms with Crippen LogP contribution in [0.3, 0.4) is 0 Å². The quantitative estimate of drug-likeness (QED) is 0.321. The van der Waals surface area contributed by atoms with Crippen molar-refractivity contribution in [3.8, 4) is 28.5 Å². The molecule has 2 aromatic carbocycles. The fourth-order valence-corrected chi connectivity index (χ4v) is 4.45. The van der Waals surface area contributed by atoms with Gasteiger partial charge in [-0.25, -0.2) is 9.37 Å². The van der Waals surface area contributed by atoms with Gasteiger partial charge in [-0.15, -0.1) is 0 Å². The molecule has 0 saturated carbocycles. The average molecular weight is 525 g/mol. The highest BCUT2D eigenvalue weighted by Crippen LogP contribution is 2.45. The fourth-order valence-electron chi connectivity index (χ4n) is 4.45. The summed E-state index contributed by atoms with van der Waals surface area (Å²) in [5.41, 5.74) is 6.98. The van der Waals surface area contributed by atoms with E-state index in [0.717, 1.165) is 5.56 Å². The largest absolute Gasteiger partial charge is 0.493 e. The van der Waals surface area contributed by atoms with Crippen molar-refractivity contribution in [1.82, 2.24) is 4.98 Å². The molecule has 0 radical (unpaired) electrons. The number of carbonyl (C=O) groups is 1. The molecule has 8 nitrogen and oxygen atoms in total.